The zero-order chi connectivity index (χ0) is 12.1. The first-order chi connectivity index (χ1) is 8.36. The Hall–Kier alpha value is -1.09. The molecule has 0 aliphatic rings. The van der Waals surface area contributed by atoms with Crippen LogP contribution in [0.25, 0.3) is 22.9 Å². The van der Waals surface area contributed by atoms with Crippen LogP contribution in [0.4, 0.5) is 0 Å². The Morgan fingerprint density at radius 1 is 0.882 bits per heavy atom. The van der Waals surface area contributed by atoms with Crippen LogP contribution in [0.1, 0.15) is 18.1 Å². The Morgan fingerprint density at radius 2 is 1.47 bits per heavy atom. The summed E-state index contributed by atoms with van der Waals surface area (Å²) in [6.45, 7) is 2.06. The van der Waals surface area contributed by atoms with Gasteiger partial charge in [-0.2, -0.15) is 0 Å². The van der Waals surface area contributed by atoms with E-state index in [0.717, 1.165) is 0 Å². The monoisotopic (exact) mass is 335 g/mol. The maximum absolute atomic E-state index is 2.32. The minimum atomic E-state index is 0.216. The first-order valence-electron chi connectivity index (χ1n) is 5.66. The summed E-state index contributed by atoms with van der Waals surface area (Å²) in [7, 11) is 0. The fourth-order valence-electron chi connectivity index (χ4n) is 1.95. The van der Waals surface area contributed by atoms with Gasteiger partial charge in [0.1, 0.15) is 0 Å². The molecule has 0 bridgehead atoms. The molecule has 0 aliphatic heterocycles. The van der Waals surface area contributed by atoms with Crippen molar-refractivity contribution in [1.82, 2.24) is 0 Å². The molecule has 0 atom stereocenters. The predicted octanol–water partition coefficient (Wildman–Crippen LogP) is 1.56. The third kappa shape index (κ3) is 2.78. The second-order valence-electron chi connectivity index (χ2n) is 3.80. The van der Waals surface area contributed by atoms with Gasteiger partial charge in [-0.3, -0.25) is 0 Å². The minimum absolute atomic E-state index is 0.216. The van der Waals surface area contributed by atoms with E-state index in [1.54, 1.807) is 0 Å². The van der Waals surface area contributed by atoms with Crippen LogP contribution in [0, 0.1) is 0 Å². The van der Waals surface area contributed by atoms with Gasteiger partial charge in [0.25, 0.3) is 0 Å². The SMILES string of the molecule is C/C=C/c1ccc(/C=C/[I-]C)c2ccccc12. The van der Waals surface area contributed by atoms with Crippen molar-refractivity contribution in [2.45, 2.75) is 6.92 Å². The second-order valence-corrected chi connectivity index (χ2v) is 5.77. The van der Waals surface area contributed by atoms with Crippen molar-refractivity contribution in [2.24, 2.45) is 0 Å². The molecule has 0 saturated heterocycles. The molecule has 0 aromatic heterocycles. The zero-order valence-corrected chi connectivity index (χ0v) is 12.3. The van der Waals surface area contributed by atoms with Crippen molar-refractivity contribution < 1.29 is 21.2 Å². The number of hydrogen-bond donors (Lipinski definition) is 0. The van der Waals surface area contributed by atoms with E-state index in [1.807, 2.05) is 0 Å². The third-order valence-electron chi connectivity index (χ3n) is 2.71. The molecule has 0 amide bonds. The van der Waals surface area contributed by atoms with Gasteiger partial charge in [0.05, 0.1) is 0 Å². The number of alkyl halides is 1. The van der Waals surface area contributed by atoms with E-state index in [4.69, 9.17) is 0 Å². The van der Waals surface area contributed by atoms with E-state index in [-0.39, 0.29) is 21.2 Å². The van der Waals surface area contributed by atoms with Gasteiger partial charge in [0, 0.05) is 0 Å². The van der Waals surface area contributed by atoms with E-state index >= 15 is 0 Å². The van der Waals surface area contributed by atoms with Gasteiger partial charge >= 0.3 is 114 Å². The summed E-state index contributed by atoms with van der Waals surface area (Å²) in [6, 6.07) is 13.0. The van der Waals surface area contributed by atoms with Crippen molar-refractivity contribution in [3.05, 3.63) is 57.7 Å². The predicted molar refractivity (Wildman–Crippen MR) is 73.6 cm³/mol. The zero-order valence-electron chi connectivity index (χ0n) is 10.2. The standard InChI is InChI=1S/C16H16I/c1-3-6-13-9-10-14(11-12-17-2)16-8-5-4-7-15(13)16/h3-12H,1-2H3/q-1/b6-3+,12-11+. The number of allylic oxidation sites excluding steroid dienone is 1. The van der Waals surface area contributed by atoms with Crippen LogP contribution in [0.2, 0.25) is 0 Å². The molecule has 0 spiro atoms. The van der Waals surface area contributed by atoms with Crippen molar-refractivity contribution in [3.63, 3.8) is 0 Å². The van der Waals surface area contributed by atoms with E-state index in [0.29, 0.717) is 0 Å². The summed E-state index contributed by atoms with van der Waals surface area (Å²) < 4.78 is 2.32. The Balaban J connectivity index is 2.66. The molecule has 88 valence electrons. The van der Waals surface area contributed by atoms with Gasteiger partial charge in [0.2, 0.25) is 0 Å². The summed E-state index contributed by atoms with van der Waals surface area (Å²) in [5.74, 6) is 0. The van der Waals surface area contributed by atoms with Crippen molar-refractivity contribution in [2.75, 3.05) is 4.93 Å². The van der Waals surface area contributed by atoms with E-state index in [2.05, 4.69) is 70.6 Å². The normalized spacial score (nSPS) is 12.1. The number of halogens is 1. The molecule has 0 radical (unpaired) electrons. The van der Waals surface area contributed by atoms with Crippen LogP contribution >= 0.6 is 0 Å². The van der Waals surface area contributed by atoms with Crippen LogP contribution < -0.4 is 21.2 Å². The maximum atomic E-state index is 2.32. The molecule has 0 nitrogen and oxygen atoms in total. The van der Waals surface area contributed by atoms with E-state index < -0.39 is 0 Å². The molecule has 0 saturated carbocycles. The number of hydrogen-bond acceptors (Lipinski definition) is 0. The van der Waals surface area contributed by atoms with E-state index in [9.17, 15) is 0 Å². The molecular weight excluding hydrogens is 319 g/mol. The average molecular weight is 335 g/mol. The Kier molecular flexibility index (Phi) is 4.37. The van der Waals surface area contributed by atoms with Crippen LogP contribution in [0.15, 0.2) is 46.6 Å². The van der Waals surface area contributed by atoms with Crippen LogP contribution in [0.5, 0.6) is 0 Å². The quantitative estimate of drug-likeness (QED) is 0.590. The van der Waals surface area contributed by atoms with Gasteiger partial charge < -0.3 is 0 Å². The summed E-state index contributed by atoms with van der Waals surface area (Å²) in [5, 5.41) is 2.68. The van der Waals surface area contributed by atoms with Crippen LogP contribution in [-0.4, -0.2) is 4.93 Å². The van der Waals surface area contributed by atoms with Crippen LogP contribution in [-0.2, 0) is 0 Å². The number of rotatable bonds is 3. The Bertz CT molecular complexity index is 565. The molecule has 2 aromatic carbocycles. The molecule has 2 aromatic rings. The molecule has 17 heavy (non-hydrogen) atoms. The summed E-state index contributed by atoms with van der Waals surface area (Å²) in [5.41, 5.74) is 2.63. The van der Waals surface area contributed by atoms with Gasteiger partial charge in [-0.15, -0.1) is 0 Å². The fourth-order valence-corrected chi connectivity index (χ4v) is 2.69. The molecule has 1 heteroatoms. The van der Waals surface area contributed by atoms with Crippen molar-refractivity contribution >= 4 is 22.9 Å². The Morgan fingerprint density at radius 3 is 2.00 bits per heavy atom. The first kappa shape index (κ1) is 12.4. The molecule has 0 heterocycles. The van der Waals surface area contributed by atoms with Gasteiger partial charge in [0.15, 0.2) is 0 Å². The molecule has 0 aliphatic carbocycles. The average Bonchev–Trinajstić information content (AvgIpc) is 2.38. The summed E-state index contributed by atoms with van der Waals surface area (Å²) in [4.78, 5) is 2.27. The van der Waals surface area contributed by atoms with Gasteiger partial charge in [-0.05, 0) is 0 Å². The third-order valence-corrected chi connectivity index (χ3v) is 3.79. The summed E-state index contributed by atoms with van der Waals surface area (Å²) >= 11 is 0.216. The fraction of sp³-hybridized carbons (Fsp3) is 0.125. The Labute approximate surface area is 113 Å². The van der Waals surface area contributed by atoms with Gasteiger partial charge in [-0.25, -0.2) is 0 Å². The number of benzene rings is 2. The molecule has 0 fully saturated rings. The molecule has 0 unspecified atom stereocenters. The molecule has 2 rings (SSSR count). The topological polar surface area (TPSA) is 0 Å². The van der Waals surface area contributed by atoms with Crippen molar-refractivity contribution in [3.8, 4) is 0 Å². The molecule has 0 N–H and O–H groups in total. The summed E-state index contributed by atoms with van der Waals surface area (Å²) in [6.07, 6.45) is 6.52. The van der Waals surface area contributed by atoms with E-state index in [1.165, 1.54) is 21.9 Å². The first-order valence-corrected chi connectivity index (χ1v) is 9.06. The van der Waals surface area contributed by atoms with Crippen molar-refractivity contribution in [1.29, 1.82) is 0 Å². The number of fused-ring (bicyclic) bond motifs is 1. The van der Waals surface area contributed by atoms with Crippen LogP contribution in [0.3, 0.4) is 0 Å². The second kappa shape index (κ2) is 6.01. The molecular formula is C16H16I-. The van der Waals surface area contributed by atoms with Gasteiger partial charge in [-0.1, -0.05) is 0 Å².